The van der Waals surface area contributed by atoms with Crippen LogP contribution in [0.4, 0.5) is 16.6 Å². The lowest BCUT2D eigenvalue weighted by Crippen LogP contribution is -2.50. The number of nitrogens with one attached hydrogen (secondary N) is 2. The van der Waals surface area contributed by atoms with Gasteiger partial charge in [0.05, 0.1) is 6.04 Å². The van der Waals surface area contributed by atoms with Gasteiger partial charge in [0.25, 0.3) is 0 Å². The van der Waals surface area contributed by atoms with Crippen LogP contribution in [0.2, 0.25) is 0 Å². The van der Waals surface area contributed by atoms with Crippen molar-refractivity contribution in [1.29, 1.82) is 0 Å². The van der Waals surface area contributed by atoms with Crippen molar-refractivity contribution in [1.82, 2.24) is 25.1 Å². The van der Waals surface area contributed by atoms with E-state index >= 15 is 0 Å². The van der Waals surface area contributed by atoms with Crippen molar-refractivity contribution >= 4 is 23.7 Å². The summed E-state index contributed by atoms with van der Waals surface area (Å²) < 4.78 is 0. The van der Waals surface area contributed by atoms with E-state index in [1.54, 1.807) is 11.1 Å². The third kappa shape index (κ3) is 5.44. The number of carbonyl (C=O) groups is 2. The normalized spacial score (nSPS) is 25.3. The second-order valence-corrected chi connectivity index (χ2v) is 12.8. The average molecular weight is 558 g/mol. The minimum absolute atomic E-state index is 0.000237. The van der Waals surface area contributed by atoms with E-state index in [4.69, 9.17) is 4.98 Å². The first-order chi connectivity index (χ1) is 19.7. The fourth-order valence-corrected chi connectivity index (χ4v) is 7.52. The maximum absolute atomic E-state index is 12.5. The van der Waals surface area contributed by atoms with Gasteiger partial charge in [-0.25, -0.2) is 9.78 Å². The van der Waals surface area contributed by atoms with Gasteiger partial charge in [0.2, 0.25) is 11.9 Å². The smallest absolute Gasteiger partial charge is 0.323 e. The summed E-state index contributed by atoms with van der Waals surface area (Å²) in [5.74, 6) is 2.17. The summed E-state index contributed by atoms with van der Waals surface area (Å²) in [6.45, 7) is 13.5. The van der Waals surface area contributed by atoms with Gasteiger partial charge in [0.1, 0.15) is 5.82 Å². The maximum atomic E-state index is 12.5. The number of anilines is 2. The number of amides is 3. The van der Waals surface area contributed by atoms with Crippen LogP contribution in [-0.2, 0) is 11.3 Å². The van der Waals surface area contributed by atoms with Gasteiger partial charge < -0.3 is 15.5 Å². The van der Waals surface area contributed by atoms with Crippen LogP contribution in [0.3, 0.4) is 0 Å². The Kier molecular flexibility index (Phi) is 7.49. The number of carbonyl (C=O) groups excluding carboxylic acids is 2. The number of nitrogens with zero attached hydrogens (tertiary/aromatic N) is 5. The molecule has 3 heterocycles. The molecule has 5 aliphatic rings. The summed E-state index contributed by atoms with van der Waals surface area (Å²) in [7, 11) is 0. The molecule has 0 radical (unpaired) electrons. The van der Waals surface area contributed by atoms with E-state index in [-0.39, 0.29) is 24.0 Å². The molecule has 1 saturated heterocycles. The van der Waals surface area contributed by atoms with Crippen molar-refractivity contribution < 1.29 is 9.59 Å². The third-order valence-electron chi connectivity index (χ3n) is 9.80. The highest BCUT2D eigenvalue weighted by Gasteiger charge is 2.51. The van der Waals surface area contributed by atoms with Gasteiger partial charge in [0.15, 0.2) is 0 Å². The van der Waals surface area contributed by atoms with Crippen molar-refractivity contribution in [2.75, 3.05) is 36.4 Å². The van der Waals surface area contributed by atoms with Gasteiger partial charge in [-0.1, -0.05) is 30.8 Å². The largest absolute Gasteiger partial charge is 0.348 e. The molecule has 9 heteroatoms. The molecule has 2 aliphatic heterocycles. The Morgan fingerprint density at radius 2 is 1.85 bits per heavy atom. The van der Waals surface area contributed by atoms with E-state index in [0.29, 0.717) is 29.8 Å². The molecule has 1 unspecified atom stereocenters. The van der Waals surface area contributed by atoms with Crippen LogP contribution in [0, 0.1) is 11.3 Å². The summed E-state index contributed by atoms with van der Waals surface area (Å²) in [4.78, 5) is 40.1. The Balaban J connectivity index is 1.17. The minimum atomic E-state index is -0.126. The van der Waals surface area contributed by atoms with Crippen LogP contribution in [0.5, 0.6) is 0 Å². The predicted octanol–water partition coefficient (Wildman–Crippen LogP) is 5.04. The Morgan fingerprint density at radius 3 is 2.49 bits per heavy atom. The van der Waals surface area contributed by atoms with Crippen molar-refractivity contribution in [3.05, 3.63) is 59.8 Å². The number of urea groups is 1. The Bertz CT molecular complexity index is 1290. The Labute approximate surface area is 243 Å². The second-order valence-electron chi connectivity index (χ2n) is 12.8. The van der Waals surface area contributed by atoms with Gasteiger partial charge >= 0.3 is 6.03 Å². The molecule has 1 aromatic heterocycles. The molecule has 3 saturated carbocycles. The zero-order chi connectivity index (χ0) is 28.7. The first-order valence-corrected chi connectivity index (χ1v) is 15.2. The molecule has 2 aromatic rings. The number of fused-ring (bicyclic) bond motifs is 2. The highest BCUT2D eigenvalue weighted by Crippen LogP contribution is 2.62. The Morgan fingerprint density at radius 1 is 1.15 bits per heavy atom. The van der Waals surface area contributed by atoms with Gasteiger partial charge in [-0.2, -0.15) is 4.98 Å². The van der Waals surface area contributed by atoms with Crippen molar-refractivity contribution in [2.45, 2.75) is 77.5 Å². The molecular weight excluding hydrogens is 514 g/mol. The van der Waals surface area contributed by atoms with Crippen LogP contribution >= 0.6 is 0 Å². The summed E-state index contributed by atoms with van der Waals surface area (Å²) in [5, 5.41) is 6.34. The standard InChI is InChI=1S/C32H43N7O2/c1-5-28(40)38-14-12-37(13-15-38)27(18-32-11-10-23(16-32)17-32)25-8-6-24(7-9-25)22(4)35-30-33-19-26-20-34-31(41)39(21(2)3)29(26)36-30/h5-9,19,21-23,27H,1,10-18,20H2,2-4H3,(H,34,41)(H,33,35,36)/t22-,23?,27?,32?/m0/s1. The van der Waals surface area contributed by atoms with E-state index in [0.717, 1.165) is 43.2 Å². The van der Waals surface area contributed by atoms with E-state index in [2.05, 4.69) is 58.3 Å². The summed E-state index contributed by atoms with van der Waals surface area (Å²) >= 11 is 0. The van der Waals surface area contributed by atoms with Crippen molar-refractivity contribution in [3.63, 3.8) is 0 Å². The van der Waals surface area contributed by atoms with Crippen molar-refractivity contribution in [2.24, 2.45) is 11.3 Å². The molecule has 41 heavy (non-hydrogen) atoms. The zero-order valence-corrected chi connectivity index (χ0v) is 24.6. The number of benzene rings is 1. The fraction of sp³-hybridized carbons (Fsp3) is 0.562. The van der Waals surface area contributed by atoms with Crippen LogP contribution in [0.1, 0.15) is 81.6 Å². The van der Waals surface area contributed by atoms with Gasteiger partial charge in [-0.05, 0) is 81.4 Å². The lowest BCUT2D eigenvalue weighted by molar-refractivity contribution is -0.128. The first kappa shape index (κ1) is 27.7. The average Bonchev–Trinajstić information content (AvgIpc) is 3.57. The quantitative estimate of drug-likeness (QED) is 0.420. The first-order valence-electron chi connectivity index (χ1n) is 15.2. The van der Waals surface area contributed by atoms with E-state index in [1.165, 1.54) is 43.7 Å². The highest BCUT2D eigenvalue weighted by molar-refractivity contribution is 5.94. The minimum Gasteiger partial charge on any atom is -0.348 e. The van der Waals surface area contributed by atoms with Crippen molar-refractivity contribution in [3.8, 4) is 0 Å². The molecule has 0 spiro atoms. The predicted molar refractivity (Wildman–Crippen MR) is 160 cm³/mol. The molecule has 4 fully saturated rings. The van der Waals surface area contributed by atoms with Gasteiger partial charge in [-0.3, -0.25) is 14.6 Å². The zero-order valence-electron chi connectivity index (χ0n) is 24.6. The number of hydrogen-bond acceptors (Lipinski definition) is 6. The van der Waals surface area contributed by atoms with E-state index in [9.17, 15) is 9.59 Å². The summed E-state index contributed by atoms with van der Waals surface area (Å²) in [5.41, 5.74) is 3.94. The molecule has 2 N–H and O–H groups in total. The van der Waals surface area contributed by atoms with Gasteiger partial charge in [-0.15, -0.1) is 0 Å². The van der Waals surface area contributed by atoms with E-state index < -0.39 is 0 Å². The third-order valence-corrected chi connectivity index (χ3v) is 9.80. The number of piperazine rings is 1. The summed E-state index contributed by atoms with van der Waals surface area (Å²) in [6.07, 6.45) is 9.95. The maximum Gasteiger partial charge on any atom is 0.323 e. The molecule has 218 valence electrons. The lowest BCUT2D eigenvalue weighted by atomic mass is 9.65. The molecule has 7 rings (SSSR count). The number of aromatic nitrogens is 2. The van der Waals surface area contributed by atoms with Crippen LogP contribution in [0.25, 0.3) is 0 Å². The molecule has 1 aromatic carbocycles. The van der Waals surface area contributed by atoms with Crippen LogP contribution in [-0.4, -0.2) is 63.9 Å². The van der Waals surface area contributed by atoms with Crippen LogP contribution in [0.15, 0.2) is 43.1 Å². The fourth-order valence-electron chi connectivity index (χ4n) is 7.52. The van der Waals surface area contributed by atoms with Crippen LogP contribution < -0.4 is 15.5 Å². The highest BCUT2D eigenvalue weighted by atomic mass is 16.2. The number of hydrogen-bond donors (Lipinski definition) is 2. The molecular formula is C32H43N7O2. The SMILES string of the molecule is C=CC(=O)N1CCN(C(CC23CCC(C2)C3)c2ccc([C@H](C)Nc3ncc4c(n3)N(C(C)C)C(=O)NC4)cc2)CC1. The lowest BCUT2D eigenvalue weighted by Gasteiger charge is -2.46. The molecule has 3 amide bonds. The molecule has 3 aliphatic carbocycles. The molecule has 2 bridgehead atoms. The number of rotatable bonds is 9. The van der Waals surface area contributed by atoms with Gasteiger partial charge in [0, 0.05) is 56.6 Å². The summed E-state index contributed by atoms with van der Waals surface area (Å²) in [6, 6.07) is 9.26. The van der Waals surface area contributed by atoms with E-state index in [1.807, 2.05) is 18.7 Å². The monoisotopic (exact) mass is 557 g/mol. The Hall–Kier alpha value is -3.46. The topological polar surface area (TPSA) is 93.7 Å². The molecule has 9 nitrogen and oxygen atoms in total. The molecule has 2 atom stereocenters. The second kappa shape index (κ2) is 11.1.